The fourth-order valence-corrected chi connectivity index (χ4v) is 2.08. The molecule has 0 atom stereocenters. The maximum Gasteiger partial charge on any atom is 0.168 e. The molecular weight excluding hydrogens is 302 g/mol. The highest BCUT2D eigenvalue weighted by atomic mass is 79.9. The summed E-state index contributed by atoms with van der Waals surface area (Å²) in [6, 6.07) is 11.6. The maximum absolute atomic E-state index is 5.91. The molecule has 0 unspecified atom stereocenters. The molecule has 0 bridgehead atoms. The number of aromatic nitrogens is 3. The van der Waals surface area contributed by atoms with Crippen LogP contribution in [0.3, 0.4) is 0 Å². The molecule has 0 N–H and O–H groups in total. The first-order valence-electron chi connectivity index (χ1n) is 5.00. The lowest BCUT2D eigenvalue weighted by atomic mass is 10.2. The first-order valence-corrected chi connectivity index (χ1v) is 6.17. The summed E-state index contributed by atoms with van der Waals surface area (Å²) in [7, 11) is 0. The first kappa shape index (κ1) is 10.7. The van der Waals surface area contributed by atoms with Crippen molar-refractivity contribution in [1.29, 1.82) is 0 Å². The van der Waals surface area contributed by atoms with Gasteiger partial charge in [-0.1, -0.05) is 39.7 Å². The molecule has 0 spiro atoms. The third-order valence-electron chi connectivity index (χ3n) is 2.47. The average Bonchev–Trinajstić information content (AvgIpc) is 2.73. The molecule has 1 aromatic carbocycles. The van der Waals surface area contributed by atoms with Gasteiger partial charge in [-0.15, -0.1) is 10.2 Å². The quantitative estimate of drug-likeness (QED) is 0.684. The van der Waals surface area contributed by atoms with E-state index in [4.69, 9.17) is 11.6 Å². The summed E-state index contributed by atoms with van der Waals surface area (Å²) < 4.78 is 2.95. The van der Waals surface area contributed by atoms with Crippen molar-refractivity contribution in [2.24, 2.45) is 0 Å². The Kier molecular flexibility index (Phi) is 2.61. The van der Waals surface area contributed by atoms with E-state index >= 15 is 0 Å². The highest BCUT2D eigenvalue weighted by Gasteiger charge is 2.07. The minimum atomic E-state index is 0.659. The molecule has 84 valence electrons. The zero-order chi connectivity index (χ0) is 11.8. The number of nitrogens with zero attached hydrogens (tertiary/aromatic N) is 3. The average molecular weight is 309 g/mol. The third kappa shape index (κ3) is 1.94. The van der Waals surface area contributed by atoms with Crippen LogP contribution in [0.2, 0.25) is 5.02 Å². The summed E-state index contributed by atoms with van der Waals surface area (Å²) in [6.07, 6.45) is 1.87. The lowest BCUT2D eigenvalue weighted by Crippen LogP contribution is -1.88. The van der Waals surface area contributed by atoms with Crippen LogP contribution in [0.4, 0.5) is 0 Å². The van der Waals surface area contributed by atoms with Crippen LogP contribution in [0, 0.1) is 0 Å². The van der Waals surface area contributed by atoms with Crippen LogP contribution in [0.5, 0.6) is 0 Å². The number of rotatable bonds is 1. The summed E-state index contributed by atoms with van der Waals surface area (Å²) in [5, 5.41) is 8.93. The van der Waals surface area contributed by atoms with Gasteiger partial charge in [-0.05, 0) is 18.2 Å². The second-order valence-corrected chi connectivity index (χ2v) is 4.96. The topological polar surface area (TPSA) is 30.2 Å². The van der Waals surface area contributed by atoms with Gasteiger partial charge in [0.05, 0.1) is 0 Å². The molecule has 3 aromatic rings. The summed E-state index contributed by atoms with van der Waals surface area (Å²) in [6.45, 7) is 0. The highest BCUT2D eigenvalue weighted by molar-refractivity contribution is 9.10. The van der Waals surface area contributed by atoms with Gasteiger partial charge in [-0.25, -0.2) is 0 Å². The Morgan fingerprint density at radius 2 is 1.82 bits per heavy atom. The Morgan fingerprint density at radius 3 is 2.59 bits per heavy atom. The molecule has 3 nitrogen and oxygen atoms in total. The van der Waals surface area contributed by atoms with Gasteiger partial charge in [0.25, 0.3) is 0 Å². The van der Waals surface area contributed by atoms with Crippen LogP contribution in [0.15, 0.2) is 47.1 Å². The van der Waals surface area contributed by atoms with E-state index in [0.29, 0.717) is 5.02 Å². The predicted octanol–water partition coefficient (Wildman–Crippen LogP) is 3.81. The number of hydrogen-bond acceptors (Lipinski definition) is 2. The monoisotopic (exact) mass is 307 g/mol. The van der Waals surface area contributed by atoms with E-state index in [2.05, 4.69) is 26.1 Å². The lowest BCUT2D eigenvalue weighted by molar-refractivity contribution is 1.11. The molecule has 0 radical (unpaired) electrons. The van der Waals surface area contributed by atoms with Gasteiger partial charge in [0.1, 0.15) is 0 Å². The van der Waals surface area contributed by atoms with E-state index in [0.717, 1.165) is 21.5 Å². The van der Waals surface area contributed by atoms with Crippen molar-refractivity contribution >= 4 is 33.2 Å². The number of fused-ring (bicyclic) bond motifs is 1. The Hall–Kier alpha value is -1.39. The van der Waals surface area contributed by atoms with Gasteiger partial charge in [-0.2, -0.15) is 0 Å². The number of hydrogen-bond donors (Lipinski definition) is 0. The van der Waals surface area contributed by atoms with E-state index in [9.17, 15) is 0 Å². The summed E-state index contributed by atoms with van der Waals surface area (Å²) >= 11 is 9.32. The summed E-state index contributed by atoms with van der Waals surface area (Å²) in [5.41, 5.74) is 1.76. The molecule has 5 heteroatoms. The van der Waals surface area contributed by atoms with E-state index in [1.54, 1.807) is 6.07 Å². The van der Waals surface area contributed by atoms with E-state index in [-0.39, 0.29) is 0 Å². The Morgan fingerprint density at radius 1 is 1.06 bits per heavy atom. The molecular formula is C12H7BrClN3. The fraction of sp³-hybridized carbons (Fsp3) is 0. The van der Waals surface area contributed by atoms with Crippen LogP contribution in [-0.2, 0) is 0 Å². The van der Waals surface area contributed by atoms with E-state index < -0.39 is 0 Å². The minimum absolute atomic E-state index is 0.659. The minimum Gasteiger partial charge on any atom is -0.282 e. The normalized spacial score (nSPS) is 10.9. The molecule has 0 aliphatic carbocycles. The lowest BCUT2D eigenvalue weighted by Gasteiger charge is -2.00. The highest BCUT2D eigenvalue weighted by Crippen LogP contribution is 2.21. The molecule has 2 heterocycles. The smallest absolute Gasteiger partial charge is 0.168 e. The van der Waals surface area contributed by atoms with Gasteiger partial charge < -0.3 is 0 Å². The van der Waals surface area contributed by atoms with Crippen molar-refractivity contribution in [3.63, 3.8) is 0 Å². The van der Waals surface area contributed by atoms with Crippen molar-refractivity contribution in [3.05, 3.63) is 52.1 Å². The Bertz CT molecular complexity index is 676. The van der Waals surface area contributed by atoms with Gasteiger partial charge in [0, 0.05) is 27.3 Å². The second kappa shape index (κ2) is 4.13. The second-order valence-electron chi connectivity index (χ2n) is 3.60. The molecule has 0 saturated heterocycles. The fourth-order valence-electron chi connectivity index (χ4n) is 1.66. The molecule has 0 aliphatic rings. The van der Waals surface area contributed by atoms with Gasteiger partial charge in [0.15, 0.2) is 11.5 Å². The summed E-state index contributed by atoms with van der Waals surface area (Å²) in [4.78, 5) is 0. The van der Waals surface area contributed by atoms with Gasteiger partial charge >= 0.3 is 0 Å². The zero-order valence-corrected chi connectivity index (χ0v) is 11.0. The predicted molar refractivity (Wildman–Crippen MR) is 71.1 cm³/mol. The Labute approximate surface area is 111 Å². The van der Waals surface area contributed by atoms with Crippen LogP contribution >= 0.6 is 27.5 Å². The van der Waals surface area contributed by atoms with Gasteiger partial charge in [0.2, 0.25) is 0 Å². The maximum atomic E-state index is 5.91. The molecule has 17 heavy (non-hydrogen) atoms. The standard InChI is InChI=1S/C12H7BrClN3/c13-9-3-1-8(2-4-9)12-16-15-11-7-10(14)5-6-17(11)12/h1-7H. The number of pyridine rings is 1. The van der Waals surface area contributed by atoms with Crippen LogP contribution in [-0.4, -0.2) is 14.6 Å². The SMILES string of the molecule is Clc1ccn2c(-c3ccc(Br)cc3)nnc2c1. The molecule has 0 fully saturated rings. The van der Waals surface area contributed by atoms with E-state index in [1.807, 2.05) is 40.9 Å². The number of halogens is 2. The van der Waals surface area contributed by atoms with E-state index in [1.165, 1.54) is 0 Å². The van der Waals surface area contributed by atoms with Crippen molar-refractivity contribution in [2.75, 3.05) is 0 Å². The largest absolute Gasteiger partial charge is 0.282 e. The first-order chi connectivity index (χ1) is 8.24. The van der Waals surface area contributed by atoms with Crippen LogP contribution in [0.25, 0.3) is 17.0 Å². The van der Waals surface area contributed by atoms with Crippen LogP contribution in [0.1, 0.15) is 0 Å². The van der Waals surface area contributed by atoms with Crippen LogP contribution < -0.4 is 0 Å². The van der Waals surface area contributed by atoms with Crippen molar-refractivity contribution < 1.29 is 0 Å². The number of benzene rings is 1. The van der Waals surface area contributed by atoms with Crippen molar-refractivity contribution in [1.82, 2.24) is 14.6 Å². The zero-order valence-electron chi connectivity index (χ0n) is 8.64. The summed E-state index contributed by atoms with van der Waals surface area (Å²) in [5.74, 6) is 0.809. The Balaban J connectivity index is 2.21. The third-order valence-corrected chi connectivity index (χ3v) is 3.24. The molecule has 0 aliphatic heterocycles. The molecule has 3 rings (SSSR count). The van der Waals surface area contributed by atoms with Gasteiger partial charge in [-0.3, -0.25) is 4.40 Å². The molecule has 0 saturated carbocycles. The molecule has 0 amide bonds. The van der Waals surface area contributed by atoms with Crippen molar-refractivity contribution in [2.45, 2.75) is 0 Å². The molecule has 2 aromatic heterocycles. The van der Waals surface area contributed by atoms with Crippen molar-refractivity contribution in [3.8, 4) is 11.4 Å².